The number of morpholine rings is 1. The Bertz CT molecular complexity index is 974. The maximum atomic E-state index is 12.7. The maximum Gasteiger partial charge on any atom is 0.326 e. The van der Waals surface area contributed by atoms with Gasteiger partial charge in [0.1, 0.15) is 6.54 Å². The summed E-state index contributed by atoms with van der Waals surface area (Å²) in [6.45, 7) is 5.95. The normalized spacial score (nSPS) is 17.1. The van der Waals surface area contributed by atoms with Crippen LogP contribution < -0.4 is 9.47 Å². The van der Waals surface area contributed by atoms with Crippen LogP contribution in [-0.2, 0) is 23.9 Å². The van der Waals surface area contributed by atoms with Crippen molar-refractivity contribution in [2.75, 3.05) is 52.7 Å². The molecule has 2 aliphatic heterocycles. The molecule has 0 aromatic heterocycles. The Morgan fingerprint density at radius 1 is 1.11 bits per heavy atom. The quantitative estimate of drug-likeness (QED) is 0.254. The third-order valence-corrected chi connectivity index (χ3v) is 6.11. The molecule has 0 radical (unpaired) electrons. The van der Waals surface area contributed by atoms with E-state index in [1.54, 1.807) is 29.2 Å². The molecule has 0 spiro atoms. The van der Waals surface area contributed by atoms with Gasteiger partial charge in [0.2, 0.25) is 0 Å². The zero-order chi connectivity index (χ0) is 25.2. The molecular weight excluding hydrogens is 476 g/mol. The summed E-state index contributed by atoms with van der Waals surface area (Å²) in [6.07, 6.45) is 3.14. The van der Waals surface area contributed by atoms with Crippen molar-refractivity contribution in [2.24, 2.45) is 0 Å². The zero-order valence-corrected chi connectivity index (χ0v) is 20.8. The molecule has 190 valence electrons. The van der Waals surface area contributed by atoms with Gasteiger partial charge in [0.25, 0.3) is 17.1 Å². The third kappa shape index (κ3) is 7.46. The first-order valence-electron chi connectivity index (χ1n) is 11.6. The van der Waals surface area contributed by atoms with Crippen LogP contribution in [0, 0.1) is 0 Å². The standard InChI is InChI=1S/C24H30N2O8S/c1-3-5-10-33-22(28)15-26-23(29)20(35-24(26)30)14-17-6-7-18(19(13-17)32-4-2)34-16-21(27)25-8-11-31-12-9-25/h6-7,13-14H,3-5,8-12,15-16H2,1-2H3/b20-14-. The minimum absolute atomic E-state index is 0.132. The highest BCUT2D eigenvalue weighted by atomic mass is 32.2. The molecule has 0 atom stereocenters. The molecular formula is C24H30N2O8S. The SMILES string of the molecule is CCCCOC(=O)CN1C(=O)S/C(=C\c2ccc(OCC(=O)N3CCOCC3)c(OCC)c2)C1=O. The first-order valence-corrected chi connectivity index (χ1v) is 12.4. The van der Waals surface area contributed by atoms with E-state index in [0.717, 1.165) is 29.5 Å². The van der Waals surface area contributed by atoms with Gasteiger partial charge >= 0.3 is 5.97 Å². The first-order chi connectivity index (χ1) is 16.9. The van der Waals surface area contributed by atoms with Crippen LogP contribution in [0.1, 0.15) is 32.3 Å². The van der Waals surface area contributed by atoms with Crippen molar-refractivity contribution in [3.05, 3.63) is 28.7 Å². The van der Waals surface area contributed by atoms with Gasteiger partial charge in [-0.3, -0.25) is 24.1 Å². The molecule has 1 aromatic carbocycles. The molecule has 0 unspecified atom stereocenters. The Morgan fingerprint density at radius 3 is 2.60 bits per heavy atom. The van der Waals surface area contributed by atoms with Crippen LogP contribution in [0.2, 0.25) is 0 Å². The second-order valence-electron chi connectivity index (χ2n) is 7.76. The molecule has 11 heteroatoms. The minimum atomic E-state index is -0.617. The van der Waals surface area contributed by atoms with E-state index in [1.807, 2.05) is 13.8 Å². The molecule has 2 heterocycles. The minimum Gasteiger partial charge on any atom is -0.490 e. The third-order valence-electron chi connectivity index (χ3n) is 5.20. The molecule has 0 aliphatic carbocycles. The summed E-state index contributed by atoms with van der Waals surface area (Å²) in [5, 5.41) is -0.527. The summed E-state index contributed by atoms with van der Waals surface area (Å²) in [5.41, 5.74) is 0.608. The van der Waals surface area contributed by atoms with E-state index in [2.05, 4.69) is 0 Å². The van der Waals surface area contributed by atoms with Crippen LogP contribution in [0.4, 0.5) is 4.79 Å². The fourth-order valence-corrected chi connectivity index (χ4v) is 4.18. The lowest BCUT2D eigenvalue weighted by atomic mass is 10.2. The van der Waals surface area contributed by atoms with E-state index in [0.29, 0.717) is 50.0 Å². The largest absolute Gasteiger partial charge is 0.490 e. The number of carbonyl (C=O) groups excluding carboxylic acids is 4. The number of thioether (sulfide) groups is 1. The molecule has 35 heavy (non-hydrogen) atoms. The zero-order valence-electron chi connectivity index (χ0n) is 19.9. The monoisotopic (exact) mass is 506 g/mol. The summed E-state index contributed by atoms with van der Waals surface area (Å²) in [7, 11) is 0. The van der Waals surface area contributed by atoms with Gasteiger partial charge in [0.15, 0.2) is 18.1 Å². The Hall–Kier alpha value is -3.05. The summed E-state index contributed by atoms with van der Waals surface area (Å²) in [5.74, 6) is -0.499. The van der Waals surface area contributed by atoms with Crippen molar-refractivity contribution in [2.45, 2.75) is 26.7 Å². The number of carbonyl (C=O) groups is 4. The van der Waals surface area contributed by atoms with Gasteiger partial charge in [-0.05, 0) is 48.9 Å². The predicted molar refractivity (Wildman–Crippen MR) is 129 cm³/mol. The molecule has 10 nitrogen and oxygen atoms in total. The van der Waals surface area contributed by atoms with Crippen LogP contribution in [0.5, 0.6) is 11.5 Å². The smallest absolute Gasteiger partial charge is 0.326 e. The van der Waals surface area contributed by atoms with E-state index in [-0.39, 0.29) is 24.0 Å². The highest BCUT2D eigenvalue weighted by Crippen LogP contribution is 2.34. The van der Waals surface area contributed by atoms with Gasteiger partial charge in [0.05, 0.1) is 31.3 Å². The number of benzene rings is 1. The number of hydrogen-bond donors (Lipinski definition) is 0. The first kappa shape index (κ1) is 26.6. The van der Waals surface area contributed by atoms with Crippen LogP contribution in [0.3, 0.4) is 0 Å². The Labute approximate surface area is 208 Å². The van der Waals surface area contributed by atoms with Crippen molar-refractivity contribution in [1.82, 2.24) is 9.80 Å². The fraction of sp³-hybridized carbons (Fsp3) is 0.500. The molecule has 2 fully saturated rings. The van der Waals surface area contributed by atoms with Crippen LogP contribution in [0.15, 0.2) is 23.1 Å². The van der Waals surface area contributed by atoms with Gasteiger partial charge in [-0.2, -0.15) is 0 Å². The molecule has 2 saturated heterocycles. The average molecular weight is 507 g/mol. The number of imide groups is 1. The van der Waals surface area contributed by atoms with Crippen molar-refractivity contribution in [3.8, 4) is 11.5 Å². The maximum absolute atomic E-state index is 12.7. The predicted octanol–water partition coefficient (Wildman–Crippen LogP) is 2.70. The van der Waals surface area contributed by atoms with Crippen LogP contribution in [0.25, 0.3) is 6.08 Å². The topological polar surface area (TPSA) is 112 Å². The van der Waals surface area contributed by atoms with E-state index in [1.165, 1.54) is 0 Å². The van der Waals surface area contributed by atoms with E-state index in [9.17, 15) is 19.2 Å². The molecule has 3 rings (SSSR count). The van der Waals surface area contributed by atoms with Gasteiger partial charge in [-0.25, -0.2) is 0 Å². The molecule has 0 bridgehead atoms. The summed E-state index contributed by atoms with van der Waals surface area (Å²) in [6, 6.07) is 5.02. The summed E-state index contributed by atoms with van der Waals surface area (Å²) >= 11 is 0.759. The fourth-order valence-electron chi connectivity index (χ4n) is 3.34. The van der Waals surface area contributed by atoms with Crippen LogP contribution in [-0.4, -0.2) is 85.5 Å². The molecule has 2 aliphatic rings. The Morgan fingerprint density at radius 2 is 1.89 bits per heavy atom. The van der Waals surface area contributed by atoms with Crippen molar-refractivity contribution >= 4 is 40.9 Å². The molecule has 1 aromatic rings. The highest BCUT2D eigenvalue weighted by molar-refractivity contribution is 8.18. The number of amides is 3. The van der Waals surface area contributed by atoms with Crippen molar-refractivity contribution < 1.29 is 38.1 Å². The summed E-state index contributed by atoms with van der Waals surface area (Å²) < 4.78 is 21.7. The Kier molecular flexibility index (Phi) is 9.98. The van der Waals surface area contributed by atoms with E-state index < -0.39 is 23.7 Å². The lowest BCUT2D eigenvalue weighted by molar-refractivity contribution is -0.146. The second-order valence-corrected chi connectivity index (χ2v) is 8.76. The summed E-state index contributed by atoms with van der Waals surface area (Å²) in [4.78, 5) is 52.0. The number of esters is 1. The van der Waals surface area contributed by atoms with E-state index in [4.69, 9.17) is 18.9 Å². The van der Waals surface area contributed by atoms with Crippen molar-refractivity contribution in [3.63, 3.8) is 0 Å². The van der Waals surface area contributed by atoms with E-state index >= 15 is 0 Å². The molecule has 0 saturated carbocycles. The van der Waals surface area contributed by atoms with Gasteiger partial charge < -0.3 is 23.8 Å². The van der Waals surface area contributed by atoms with Gasteiger partial charge in [0, 0.05) is 13.1 Å². The highest BCUT2D eigenvalue weighted by Gasteiger charge is 2.36. The number of nitrogens with zero attached hydrogens (tertiary/aromatic N) is 2. The lowest BCUT2D eigenvalue weighted by Gasteiger charge is -2.26. The second kappa shape index (κ2) is 13.1. The molecule has 0 N–H and O–H groups in total. The number of hydrogen-bond acceptors (Lipinski definition) is 9. The number of rotatable bonds is 11. The van der Waals surface area contributed by atoms with Gasteiger partial charge in [-0.15, -0.1) is 0 Å². The van der Waals surface area contributed by atoms with Crippen molar-refractivity contribution in [1.29, 1.82) is 0 Å². The number of ether oxygens (including phenoxy) is 4. The molecule has 3 amide bonds. The Balaban J connectivity index is 1.65. The average Bonchev–Trinajstić information content (AvgIpc) is 3.11. The lowest BCUT2D eigenvalue weighted by Crippen LogP contribution is -2.43. The van der Waals surface area contributed by atoms with Crippen LogP contribution >= 0.6 is 11.8 Å². The number of unbranched alkanes of at least 4 members (excludes halogenated alkanes) is 1. The van der Waals surface area contributed by atoms with Gasteiger partial charge in [-0.1, -0.05) is 19.4 Å².